The molecule has 0 aromatic heterocycles. The molecule has 0 amide bonds. The van der Waals surface area contributed by atoms with Crippen molar-refractivity contribution in [3.63, 3.8) is 0 Å². The Morgan fingerprint density at radius 3 is 2.65 bits per heavy atom. The largest absolute Gasteiger partial charge is 0.330 e. The molecule has 0 unspecified atom stereocenters. The van der Waals surface area contributed by atoms with Gasteiger partial charge in [0.15, 0.2) is 5.78 Å². The second kappa shape index (κ2) is 4.75. The van der Waals surface area contributed by atoms with E-state index in [9.17, 15) is 9.18 Å². The second-order valence-corrected chi connectivity index (χ2v) is 5.22. The molecule has 0 heterocycles. The zero-order valence-electron chi connectivity index (χ0n) is 9.51. The SMILES string of the molecule is NCC1(CC(=O)c2ccc(Cl)cc2F)CCC1. The standard InChI is InChI=1S/C13H15ClFNO/c14-9-2-3-10(11(15)6-9)12(17)7-13(8-16)4-1-5-13/h2-3,6H,1,4-5,7-8,16H2. The summed E-state index contributed by atoms with van der Waals surface area (Å²) in [7, 11) is 0. The lowest BCUT2D eigenvalue weighted by Gasteiger charge is -2.40. The van der Waals surface area contributed by atoms with E-state index in [0.717, 1.165) is 19.3 Å². The van der Waals surface area contributed by atoms with Gasteiger partial charge in [-0.25, -0.2) is 4.39 Å². The molecule has 2 nitrogen and oxygen atoms in total. The fourth-order valence-corrected chi connectivity index (χ4v) is 2.44. The van der Waals surface area contributed by atoms with Crippen LogP contribution in [-0.2, 0) is 0 Å². The molecule has 1 aliphatic rings. The highest BCUT2D eigenvalue weighted by Gasteiger charge is 2.37. The van der Waals surface area contributed by atoms with E-state index < -0.39 is 5.82 Å². The lowest BCUT2D eigenvalue weighted by Crippen LogP contribution is -2.39. The third-order valence-corrected chi connectivity index (χ3v) is 3.85. The highest BCUT2D eigenvalue weighted by Crippen LogP contribution is 2.43. The van der Waals surface area contributed by atoms with Crippen molar-refractivity contribution in [3.05, 3.63) is 34.6 Å². The monoisotopic (exact) mass is 255 g/mol. The Morgan fingerprint density at radius 2 is 2.18 bits per heavy atom. The van der Waals surface area contributed by atoms with Crippen LogP contribution in [0.1, 0.15) is 36.0 Å². The normalized spacial score (nSPS) is 17.6. The molecule has 2 rings (SSSR count). The van der Waals surface area contributed by atoms with Crippen LogP contribution in [-0.4, -0.2) is 12.3 Å². The molecule has 0 spiro atoms. The fraction of sp³-hybridized carbons (Fsp3) is 0.462. The van der Waals surface area contributed by atoms with Crippen LogP contribution in [0, 0.1) is 11.2 Å². The van der Waals surface area contributed by atoms with Crippen molar-refractivity contribution >= 4 is 17.4 Å². The molecule has 0 aliphatic heterocycles. The average Bonchev–Trinajstić information content (AvgIpc) is 2.23. The van der Waals surface area contributed by atoms with E-state index in [1.165, 1.54) is 18.2 Å². The Balaban J connectivity index is 2.14. The number of carbonyl (C=O) groups is 1. The Bertz CT molecular complexity index is 438. The number of nitrogens with two attached hydrogens (primary N) is 1. The summed E-state index contributed by atoms with van der Waals surface area (Å²) in [5.41, 5.74) is 5.72. The van der Waals surface area contributed by atoms with Crippen LogP contribution < -0.4 is 5.73 Å². The molecule has 2 N–H and O–H groups in total. The molecular formula is C13H15ClFNO. The van der Waals surface area contributed by atoms with Gasteiger partial charge in [-0.2, -0.15) is 0 Å². The summed E-state index contributed by atoms with van der Waals surface area (Å²) in [6, 6.07) is 4.15. The van der Waals surface area contributed by atoms with Gasteiger partial charge in [0.1, 0.15) is 5.82 Å². The minimum atomic E-state index is -0.547. The van der Waals surface area contributed by atoms with Crippen molar-refractivity contribution in [1.82, 2.24) is 0 Å². The summed E-state index contributed by atoms with van der Waals surface area (Å²) >= 11 is 5.65. The third-order valence-electron chi connectivity index (χ3n) is 3.61. The molecule has 0 atom stereocenters. The van der Waals surface area contributed by atoms with Crippen LogP contribution in [0.4, 0.5) is 4.39 Å². The number of hydrogen-bond donors (Lipinski definition) is 1. The Labute approximate surface area is 105 Å². The van der Waals surface area contributed by atoms with Crippen molar-refractivity contribution in [2.75, 3.05) is 6.54 Å². The number of benzene rings is 1. The topological polar surface area (TPSA) is 43.1 Å². The number of hydrogen-bond acceptors (Lipinski definition) is 2. The van der Waals surface area contributed by atoms with E-state index in [4.69, 9.17) is 17.3 Å². The number of carbonyl (C=O) groups excluding carboxylic acids is 1. The maximum Gasteiger partial charge on any atom is 0.166 e. The van der Waals surface area contributed by atoms with Crippen molar-refractivity contribution in [2.24, 2.45) is 11.1 Å². The first-order chi connectivity index (χ1) is 8.06. The molecule has 1 saturated carbocycles. The van der Waals surface area contributed by atoms with Crippen LogP contribution >= 0.6 is 11.6 Å². The molecule has 1 aromatic rings. The maximum atomic E-state index is 13.6. The van der Waals surface area contributed by atoms with E-state index in [2.05, 4.69) is 0 Å². The minimum Gasteiger partial charge on any atom is -0.330 e. The van der Waals surface area contributed by atoms with Gasteiger partial charge >= 0.3 is 0 Å². The van der Waals surface area contributed by atoms with Crippen molar-refractivity contribution in [2.45, 2.75) is 25.7 Å². The summed E-state index contributed by atoms with van der Waals surface area (Å²) < 4.78 is 13.6. The number of rotatable bonds is 4. The zero-order chi connectivity index (χ0) is 12.5. The van der Waals surface area contributed by atoms with Crippen molar-refractivity contribution in [3.8, 4) is 0 Å². The summed E-state index contributed by atoms with van der Waals surface area (Å²) in [5.74, 6) is -0.724. The molecule has 0 bridgehead atoms. The Kier molecular flexibility index (Phi) is 3.50. The van der Waals surface area contributed by atoms with Crippen LogP contribution in [0.3, 0.4) is 0 Å². The van der Waals surface area contributed by atoms with Crippen LogP contribution in [0.15, 0.2) is 18.2 Å². The van der Waals surface area contributed by atoms with Gasteiger partial charge in [0, 0.05) is 11.4 Å². The van der Waals surface area contributed by atoms with E-state index in [0.29, 0.717) is 18.0 Å². The van der Waals surface area contributed by atoms with E-state index in [1.54, 1.807) is 0 Å². The molecule has 1 aromatic carbocycles. The third kappa shape index (κ3) is 2.50. The predicted molar refractivity (Wildman–Crippen MR) is 65.7 cm³/mol. The quantitative estimate of drug-likeness (QED) is 0.840. The lowest BCUT2D eigenvalue weighted by molar-refractivity contribution is 0.0782. The van der Waals surface area contributed by atoms with Gasteiger partial charge < -0.3 is 5.73 Å². The van der Waals surface area contributed by atoms with Gasteiger partial charge in [-0.05, 0) is 43.0 Å². The fourth-order valence-electron chi connectivity index (χ4n) is 2.28. The summed E-state index contributed by atoms with van der Waals surface area (Å²) in [6.07, 6.45) is 3.37. The number of Topliss-reactive ketones (excluding diaryl/α,β-unsaturated/α-hetero) is 1. The molecule has 17 heavy (non-hydrogen) atoms. The molecule has 1 aliphatic carbocycles. The molecule has 0 radical (unpaired) electrons. The van der Waals surface area contributed by atoms with Gasteiger partial charge in [0.05, 0.1) is 5.56 Å². The summed E-state index contributed by atoms with van der Waals surface area (Å²) in [6.45, 7) is 0.494. The summed E-state index contributed by atoms with van der Waals surface area (Å²) in [5, 5.41) is 0.302. The second-order valence-electron chi connectivity index (χ2n) is 4.78. The first-order valence-corrected chi connectivity index (χ1v) is 6.12. The Hall–Kier alpha value is -0.930. The number of halogens is 2. The van der Waals surface area contributed by atoms with E-state index in [1.807, 2.05) is 0 Å². The van der Waals surface area contributed by atoms with E-state index in [-0.39, 0.29) is 16.8 Å². The number of ketones is 1. The molecule has 4 heteroatoms. The van der Waals surface area contributed by atoms with Gasteiger partial charge in [-0.3, -0.25) is 4.79 Å². The van der Waals surface area contributed by atoms with Crippen LogP contribution in [0.5, 0.6) is 0 Å². The maximum absolute atomic E-state index is 13.6. The lowest BCUT2D eigenvalue weighted by atomic mass is 9.65. The van der Waals surface area contributed by atoms with Crippen molar-refractivity contribution in [1.29, 1.82) is 0 Å². The van der Waals surface area contributed by atoms with Gasteiger partial charge in [0.25, 0.3) is 0 Å². The molecule has 1 fully saturated rings. The van der Waals surface area contributed by atoms with Crippen molar-refractivity contribution < 1.29 is 9.18 Å². The van der Waals surface area contributed by atoms with Gasteiger partial charge in [-0.1, -0.05) is 18.0 Å². The van der Waals surface area contributed by atoms with Crippen LogP contribution in [0.25, 0.3) is 0 Å². The average molecular weight is 256 g/mol. The first-order valence-electron chi connectivity index (χ1n) is 5.75. The minimum absolute atomic E-state index is 0.0941. The Morgan fingerprint density at radius 1 is 1.47 bits per heavy atom. The smallest absolute Gasteiger partial charge is 0.166 e. The molecule has 0 saturated heterocycles. The van der Waals surface area contributed by atoms with Gasteiger partial charge in [-0.15, -0.1) is 0 Å². The van der Waals surface area contributed by atoms with E-state index >= 15 is 0 Å². The van der Waals surface area contributed by atoms with Crippen LogP contribution in [0.2, 0.25) is 5.02 Å². The molecular weight excluding hydrogens is 241 g/mol. The predicted octanol–water partition coefficient (Wildman–Crippen LogP) is 3.18. The molecule has 92 valence electrons. The highest BCUT2D eigenvalue weighted by molar-refractivity contribution is 6.30. The zero-order valence-corrected chi connectivity index (χ0v) is 10.3. The highest BCUT2D eigenvalue weighted by atomic mass is 35.5. The van der Waals surface area contributed by atoms with Gasteiger partial charge in [0.2, 0.25) is 0 Å². The first kappa shape index (κ1) is 12.5. The summed E-state index contributed by atoms with van der Waals surface area (Å²) in [4.78, 5) is 12.0.